The predicted molar refractivity (Wildman–Crippen MR) is 138 cm³/mol. The summed E-state index contributed by atoms with van der Waals surface area (Å²) in [5.41, 5.74) is 4.34. The summed E-state index contributed by atoms with van der Waals surface area (Å²) < 4.78 is 23.1. The first-order valence-corrected chi connectivity index (χ1v) is 11.6. The van der Waals surface area contributed by atoms with E-state index in [0.29, 0.717) is 17.0 Å². The van der Waals surface area contributed by atoms with Crippen LogP contribution >= 0.6 is 0 Å². The normalized spacial score (nSPS) is 10.6. The third-order valence-electron chi connectivity index (χ3n) is 6.15. The van der Waals surface area contributed by atoms with E-state index in [0.717, 1.165) is 22.4 Å². The number of aryl methyl sites for hydroxylation is 1. The second kappa shape index (κ2) is 11.0. The van der Waals surface area contributed by atoms with Gasteiger partial charge in [-0.2, -0.15) is 5.10 Å². The zero-order valence-corrected chi connectivity index (χ0v) is 21.4. The molecule has 0 radical (unpaired) electrons. The van der Waals surface area contributed by atoms with E-state index in [1.807, 2.05) is 56.3 Å². The Morgan fingerprint density at radius 2 is 1.57 bits per heavy atom. The topological polar surface area (TPSA) is 88.9 Å². The average Bonchev–Trinajstić information content (AvgIpc) is 3.34. The maximum atomic E-state index is 12.9. The number of hydrogen-bond donors (Lipinski definition) is 0. The van der Waals surface area contributed by atoms with Crippen LogP contribution in [-0.4, -0.2) is 43.0 Å². The fraction of sp³-hybridized carbons (Fsp3) is 0.207. The molecule has 3 aromatic carbocycles. The highest BCUT2D eigenvalue weighted by Gasteiger charge is 2.31. The molecule has 0 fully saturated rings. The molecule has 0 amide bonds. The van der Waals surface area contributed by atoms with Gasteiger partial charge in [-0.3, -0.25) is 0 Å². The first-order chi connectivity index (χ1) is 17.9. The monoisotopic (exact) mass is 500 g/mol. The van der Waals surface area contributed by atoms with E-state index in [1.54, 1.807) is 31.4 Å². The van der Waals surface area contributed by atoms with Crippen molar-refractivity contribution in [2.24, 2.45) is 0 Å². The molecule has 0 aliphatic heterocycles. The molecule has 0 atom stereocenters. The molecule has 0 saturated carbocycles. The van der Waals surface area contributed by atoms with Crippen LogP contribution in [0.1, 0.15) is 37.5 Å². The highest BCUT2D eigenvalue weighted by Crippen LogP contribution is 2.33. The second-order valence-corrected chi connectivity index (χ2v) is 8.32. The minimum atomic E-state index is -0.713. The number of rotatable bonds is 8. The van der Waals surface area contributed by atoms with Crippen LogP contribution in [0.25, 0.3) is 16.9 Å². The number of esters is 2. The van der Waals surface area contributed by atoms with Gasteiger partial charge in [-0.25, -0.2) is 14.3 Å². The van der Waals surface area contributed by atoms with Crippen LogP contribution in [0.4, 0.5) is 0 Å². The summed E-state index contributed by atoms with van der Waals surface area (Å²) in [4.78, 5) is 25.8. The fourth-order valence-corrected chi connectivity index (χ4v) is 4.03. The van der Waals surface area contributed by atoms with Gasteiger partial charge in [0.15, 0.2) is 5.69 Å². The van der Waals surface area contributed by atoms with Gasteiger partial charge in [0.2, 0.25) is 0 Å². The summed E-state index contributed by atoms with van der Waals surface area (Å²) in [5, 5.41) is 4.66. The predicted octanol–water partition coefficient (Wildman–Crippen LogP) is 5.32. The van der Waals surface area contributed by atoms with Gasteiger partial charge in [0, 0.05) is 11.1 Å². The Morgan fingerprint density at radius 3 is 2.24 bits per heavy atom. The Morgan fingerprint density at radius 1 is 0.838 bits per heavy atom. The molecule has 0 bridgehead atoms. The Hall–Kier alpha value is -4.59. The summed E-state index contributed by atoms with van der Waals surface area (Å²) >= 11 is 0. The van der Waals surface area contributed by atoms with E-state index in [1.165, 1.54) is 18.9 Å². The van der Waals surface area contributed by atoms with E-state index in [-0.39, 0.29) is 23.6 Å². The van der Waals surface area contributed by atoms with Crippen LogP contribution in [0.5, 0.6) is 11.5 Å². The number of carbonyl (C=O) groups excluding carboxylic acids is 2. The number of hydrogen-bond acceptors (Lipinski definition) is 7. The number of para-hydroxylation sites is 1. The Kier molecular flexibility index (Phi) is 7.57. The molecule has 190 valence electrons. The Balaban J connectivity index is 1.85. The third-order valence-corrected chi connectivity index (χ3v) is 6.15. The smallest absolute Gasteiger partial charge is 0.357 e. The standard InChI is InChI=1S/C29H28N2O6/c1-18-10-9-13-23(19(18)2)37-17-21-16-20(14-15-24(21)34-3)26-25(28(32)35-4)27(29(33)36-5)31(30-26)22-11-7-6-8-12-22/h6-16H,17H2,1-5H3. The third kappa shape index (κ3) is 5.04. The van der Waals surface area contributed by atoms with Crippen molar-refractivity contribution in [3.63, 3.8) is 0 Å². The lowest BCUT2D eigenvalue weighted by atomic mass is 10.0. The molecule has 0 spiro atoms. The number of benzene rings is 3. The summed E-state index contributed by atoms with van der Waals surface area (Å²) in [5.74, 6) is -0.0371. The molecule has 1 heterocycles. The molecule has 0 unspecified atom stereocenters. The van der Waals surface area contributed by atoms with Gasteiger partial charge in [0.05, 0.1) is 27.0 Å². The van der Waals surface area contributed by atoms with Crippen molar-refractivity contribution in [3.8, 4) is 28.4 Å². The molecule has 8 heteroatoms. The average molecular weight is 501 g/mol. The largest absolute Gasteiger partial charge is 0.496 e. The molecular weight excluding hydrogens is 472 g/mol. The van der Waals surface area contributed by atoms with Crippen LogP contribution in [0, 0.1) is 13.8 Å². The fourth-order valence-electron chi connectivity index (χ4n) is 4.03. The SMILES string of the molecule is COC(=O)c1c(-c2ccc(OC)c(COc3cccc(C)c3C)c2)nn(-c2ccccc2)c1C(=O)OC. The van der Waals surface area contributed by atoms with Gasteiger partial charge in [0.25, 0.3) is 0 Å². The summed E-state index contributed by atoms with van der Waals surface area (Å²) in [6, 6.07) is 20.3. The number of carbonyl (C=O) groups is 2. The van der Waals surface area contributed by atoms with Crippen molar-refractivity contribution >= 4 is 11.9 Å². The van der Waals surface area contributed by atoms with Gasteiger partial charge in [-0.15, -0.1) is 0 Å². The van der Waals surface area contributed by atoms with Gasteiger partial charge in [0.1, 0.15) is 29.4 Å². The lowest BCUT2D eigenvalue weighted by molar-refractivity contribution is 0.0549. The lowest BCUT2D eigenvalue weighted by Crippen LogP contribution is -2.15. The molecule has 4 aromatic rings. The first kappa shape index (κ1) is 25.5. The summed E-state index contributed by atoms with van der Waals surface area (Å²) in [6.45, 7) is 4.25. The van der Waals surface area contributed by atoms with Crippen LogP contribution in [0.15, 0.2) is 66.7 Å². The molecular formula is C29H28N2O6. The minimum Gasteiger partial charge on any atom is -0.496 e. The zero-order chi connectivity index (χ0) is 26.5. The van der Waals surface area contributed by atoms with E-state index >= 15 is 0 Å². The van der Waals surface area contributed by atoms with E-state index in [4.69, 9.17) is 18.9 Å². The molecule has 1 aromatic heterocycles. The number of ether oxygens (including phenoxy) is 4. The van der Waals surface area contributed by atoms with E-state index in [9.17, 15) is 9.59 Å². The molecule has 37 heavy (non-hydrogen) atoms. The Bertz CT molecular complexity index is 1440. The molecule has 8 nitrogen and oxygen atoms in total. The maximum Gasteiger partial charge on any atom is 0.357 e. The number of nitrogens with zero attached hydrogens (tertiary/aromatic N) is 2. The lowest BCUT2D eigenvalue weighted by Gasteiger charge is -2.14. The zero-order valence-electron chi connectivity index (χ0n) is 21.4. The molecule has 0 aliphatic rings. The molecule has 0 saturated heterocycles. The van der Waals surface area contributed by atoms with E-state index in [2.05, 4.69) is 5.10 Å². The highest BCUT2D eigenvalue weighted by atomic mass is 16.5. The van der Waals surface area contributed by atoms with Gasteiger partial charge >= 0.3 is 11.9 Å². The van der Waals surface area contributed by atoms with Gasteiger partial charge in [-0.1, -0.05) is 30.3 Å². The highest BCUT2D eigenvalue weighted by molar-refractivity contribution is 6.06. The Labute approximate surface area is 215 Å². The van der Waals surface area contributed by atoms with Crippen LogP contribution in [0.3, 0.4) is 0 Å². The molecule has 0 N–H and O–H groups in total. The van der Waals surface area contributed by atoms with Crippen molar-refractivity contribution in [1.29, 1.82) is 0 Å². The first-order valence-electron chi connectivity index (χ1n) is 11.6. The molecule has 0 aliphatic carbocycles. The van der Waals surface area contributed by atoms with Gasteiger partial charge in [-0.05, 0) is 61.4 Å². The summed E-state index contributed by atoms with van der Waals surface area (Å²) in [6.07, 6.45) is 0. The number of aromatic nitrogens is 2. The number of methoxy groups -OCH3 is 3. The quantitative estimate of drug-likeness (QED) is 0.303. The van der Waals surface area contributed by atoms with Crippen LogP contribution in [0.2, 0.25) is 0 Å². The van der Waals surface area contributed by atoms with Crippen molar-refractivity contribution in [2.75, 3.05) is 21.3 Å². The van der Waals surface area contributed by atoms with Crippen molar-refractivity contribution < 1.29 is 28.5 Å². The van der Waals surface area contributed by atoms with Crippen molar-refractivity contribution in [3.05, 3.63) is 94.7 Å². The van der Waals surface area contributed by atoms with E-state index < -0.39 is 11.9 Å². The van der Waals surface area contributed by atoms with Gasteiger partial charge < -0.3 is 18.9 Å². The van der Waals surface area contributed by atoms with Crippen LogP contribution in [-0.2, 0) is 16.1 Å². The minimum absolute atomic E-state index is 0.00441. The van der Waals surface area contributed by atoms with Crippen molar-refractivity contribution in [1.82, 2.24) is 9.78 Å². The van der Waals surface area contributed by atoms with Crippen molar-refractivity contribution in [2.45, 2.75) is 20.5 Å². The maximum absolute atomic E-state index is 12.9. The van der Waals surface area contributed by atoms with Crippen LogP contribution < -0.4 is 9.47 Å². The summed E-state index contributed by atoms with van der Waals surface area (Å²) in [7, 11) is 4.09. The molecule has 4 rings (SSSR count). The second-order valence-electron chi connectivity index (χ2n) is 8.32.